The molecule has 1 aromatic rings. The van der Waals surface area contributed by atoms with Gasteiger partial charge >= 0.3 is 0 Å². The molecule has 0 amide bonds. The van der Waals surface area contributed by atoms with E-state index in [2.05, 4.69) is 38.1 Å². The Labute approximate surface area is 169 Å². The lowest BCUT2D eigenvalue weighted by Crippen LogP contribution is -2.26. The summed E-state index contributed by atoms with van der Waals surface area (Å²) in [7, 11) is 0. The van der Waals surface area contributed by atoms with Crippen LogP contribution >= 0.6 is 0 Å². The van der Waals surface area contributed by atoms with Crippen LogP contribution in [-0.2, 0) is 12.8 Å². The molecular formula is C27H44. The number of hydrogen-bond acceptors (Lipinski definition) is 0. The van der Waals surface area contributed by atoms with Crippen molar-refractivity contribution in [2.45, 2.75) is 110 Å². The molecule has 2 aliphatic carbocycles. The minimum atomic E-state index is 0.998. The molecule has 0 heterocycles. The lowest BCUT2D eigenvalue weighted by molar-refractivity contribution is 0.141. The number of rotatable bonds is 9. The summed E-state index contributed by atoms with van der Waals surface area (Å²) in [6.45, 7) is 4.63. The van der Waals surface area contributed by atoms with Gasteiger partial charge in [-0.1, -0.05) is 83.1 Å². The zero-order valence-electron chi connectivity index (χ0n) is 18.2. The largest absolute Gasteiger partial charge is 0.0654 e. The first kappa shape index (κ1) is 20.9. The van der Waals surface area contributed by atoms with Crippen LogP contribution in [0.3, 0.4) is 0 Å². The van der Waals surface area contributed by atoms with Gasteiger partial charge in [-0.05, 0) is 86.2 Å². The van der Waals surface area contributed by atoms with Crippen LogP contribution in [0.2, 0.25) is 0 Å². The number of aryl methyl sites for hydroxylation is 2. The highest BCUT2D eigenvalue weighted by Gasteiger charge is 2.30. The molecule has 27 heavy (non-hydrogen) atoms. The highest BCUT2D eigenvalue weighted by atomic mass is 14.4. The van der Waals surface area contributed by atoms with E-state index in [1.165, 1.54) is 89.0 Å². The quantitative estimate of drug-likeness (QED) is 0.410. The molecule has 3 rings (SSSR count). The summed E-state index contributed by atoms with van der Waals surface area (Å²) in [6, 6.07) is 9.53. The standard InChI is InChI=1S/C27H44/c1-3-5-7-23-8-10-24(11-9-23)12-13-25-16-20-27(21-17-25)26-18-14-22(6-4-2)15-19-26/h8-11,22,25-27H,3-7,12-21H2,1-2H3/t22-,25?,26-,27?. The van der Waals surface area contributed by atoms with Gasteiger partial charge in [-0.15, -0.1) is 0 Å². The molecule has 0 nitrogen and oxygen atoms in total. The Morgan fingerprint density at radius 3 is 1.56 bits per heavy atom. The molecule has 0 N–H and O–H groups in total. The predicted octanol–water partition coefficient (Wildman–Crippen LogP) is 8.37. The van der Waals surface area contributed by atoms with Crippen molar-refractivity contribution in [2.75, 3.05) is 0 Å². The van der Waals surface area contributed by atoms with Crippen LogP contribution in [0, 0.1) is 23.7 Å². The van der Waals surface area contributed by atoms with Crippen LogP contribution in [0.25, 0.3) is 0 Å². The molecule has 0 bridgehead atoms. The summed E-state index contributed by atoms with van der Waals surface area (Å²) in [5, 5.41) is 0. The highest BCUT2D eigenvalue weighted by Crippen LogP contribution is 2.42. The van der Waals surface area contributed by atoms with Crippen LogP contribution in [0.4, 0.5) is 0 Å². The molecule has 0 atom stereocenters. The molecule has 2 aliphatic rings. The van der Waals surface area contributed by atoms with Gasteiger partial charge in [-0.25, -0.2) is 0 Å². The zero-order valence-corrected chi connectivity index (χ0v) is 18.2. The molecular weight excluding hydrogens is 324 g/mol. The van der Waals surface area contributed by atoms with Crippen molar-refractivity contribution in [3.8, 4) is 0 Å². The Morgan fingerprint density at radius 2 is 1.07 bits per heavy atom. The van der Waals surface area contributed by atoms with Crippen LogP contribution in [-0.4, -0.2) is 0 Å². The van der Waals surface area contributed by atoms with E-state index in [1.54, 1.807) is 18.4 Å². The first-order valence-electron chi connectivity index (χ1n) is 12.4. The lowest BCUT2D eigenvalue weighted by atomic mass is 9.68. The maximum atomic E-state index is 2.39. The van der Waals surface area contributed by atoms with Gasteiger partial charge in [0.2, 0.25) is 0 Å². The molecule has 0 saturated heterocycles. The molecule has 1 aromatic carbocycles. The van der Waals surface area contributed by atoms with E-state index in [-0.39, 0.29) is 0 Å². The normalized spacial score (nSPS) is 29.0. The summed E-state index contributed by atoms with van der Waals surface area (Å²) in [5.41, 5.74) is 3.08. The third-order valence-corrected chi connectivity index (χ3v) is 7.83. The summed E-state index contributed by atoms with van der Waals surface area (Å²) >= 11 is 0. The summed E-state index contributed by atoms with van der Waals surface area (Å²) in [5.74, 6) is 4.21. The van der Waals surface area contributed by atoms with Gasteiger partial charge in [0.1, 0.15) is 0 Å². The van der Waals surface area contributed by atoms with Gasteiger partial charge in [-0.3, -0.25) is 0 Å². The molecule has 0 spiro atoms. The monoisotopic (exact) mass is 368 g/mol. The lowest BCUT2D eigenvalue weighted by Gasteiger charge is -2.38. The van der Waals surface area contributed by atoms with E-state index < -0.39 is 0 Å². The summed E-state index contributed by atoms with van der Waals surface area (Å²) in [6.07, 6.45) is 21.7. The number of benzene rings is 1. The van der Waals surface area contributed by atoms with Crippen molar-refractivity contribution in [1.82, 2.24) is 0 Å². The first-order valence-corrected chi connectivity index (χ1v) is 12.4. The predicted molar refractivity (Wildman–Crippen MR) is 119 cm³/mol. The van der Waals surface area contributed by atoms with Crippen LogP contribution in [0.15, 0.2) is 24.3 Å². The maximum Gasteiger partial charge on any atom is -0.0276 e. The van der Waals surface area contributed by atoms with Gasteiger partial charge in [0.25, 0.3) is 0 Å². The molecule has 0 unspecified atom stereocenters. The second-order valence-corrected chi connectivity index (χ2v) is 9.81. The van der Waals surface area contributed by atoms with Gasteiger partial charge < -0.3 is 0 Å². The zero-order chi connectivity index (χ0) is 18.9. The maximum absolute atomic E-state index is 2.39. The third kappa shape index (κ3) is 6.65. The average molecular weight is 369 g/mol. The van der Waals surface area contributed by atoms with Crippen molar-refractivity contribution < 1.29 is 0 Å². The fourth-order valence-corrected chi connectivity index (χ4v) is 5.93. The van der Waals surface area contributed by atoms with E-state index in [4.69, 9.17) is 0 Å². The fraction of sp³-hybridized carbons (Fsp3) is 0.778. The van der Waals surface area contributed by atoms with E-state index in [0.29, 0.717) is 0 Å². The minimum absolute atomic E-state index is 0.998. The van der Waals surface area contributed by atoms with Crippen LogP contribution < -0.4 is 0 Å². The second-order valence-electron chi connectivity index (χ2n) is 9.81. The van der Waals surface area contributed by atoms with Gasteiger partial charge in [0.05, 0.1) is 0 Å². The fourth-order valence-electron chi connectivity index (χ4n) is 5.93. The summed E-state index contributed by atoms with van der Waals surface area (Å²) in [4.78, 5) is 0. The molecule has 2 saturated carbocycles. The van der Waals surface area contributed by atoms with Crippen molar-refractivity contribution in [3.05, 3.63) is 35.4 Å². The van der Waals surface area contributed by atoms with E-state index in [9.17, 15) is 0 Å². The van der Waals surface area contributed by atoms with Crippen molar-refractivity contribution in [1.29, 1.82) is 0 Å². The van der Waals surface area contributed by atoms with E-state index in [1.807, 2.05) is 0 Å². The van der Waals surface area contributed by atoms with E-state index in [0.717, 1.165) is 23.7 Å². The molecule has 152 valence electrons. The van der Waals surface area contributed by atoms with Crippen molar-refractivity contribution >= 4 is 0 Å². The Balaban J connectivity index is 1.34. The molecule has 2 fully saturated rings. The van der Waals surface area contributed by atoms with E-state index >= 15 is 0 Å². The SMILES string of the molecule is CCCCc1ccc(CCC2CCC([C@H]3CC[C@H](CCC)CC3)CC2)cc1. The van der Waals surface area contributed by atoms with Crippen LogP contribution in [0.5, 0.6) is 0 Å². The minimum Gasteiger partial charge on any atom is -0.0654 e. The first-order chi connectivity index (χ1) is 13.3. The van der Waals surface area contributed by atoms with Crippen LogP contribution in [0.1, 0.15) is 108 Å². The Hall–Kier alpha value is -0.780. The van der Waals surface area contributed by atoms with Gasteiger partial charge in [0.15, 0.2) is 0 Å². The van der Waals surface area contributed by atoms with Crippen molar-refractivity contribution in [2.24, 2.45) is 23.7 Å². The Morgan fingerprint density at radius 1 is 0.593 bits per heavy atom. The Kier molecular flexibility index (Phi) is 8.75. The number of hydrogen-bond donors (Lipinski definition) is 0. The third-order valence-electron chi connectivity index (χ3n) is 7.83. The van der Waals surface area contributed by atoms with Gasteiger partial charge in [0, 0.05) is 0 Å². The highest BCUT2D eigenvalue weighted by molar-refractivity contribution is 5.22. The van der Waals surface area contributed by atoms with Crippen molar-refractivity contribution in [3.63, 3.8) is 0 Å². The number of unbranched alkanes of at least 4 members (excludes halogenated alkanes) is 1. The van der Waals surface area contributed by atoms with Gasteiger partial charge in [-0.2, -0.15) is 0 Å². The topological polar surface area (TPSA) is 0 Å². The molecule has 0 aliphatic heterocycles. The summed E-state index contributed by atoms with van der Waals surface area (Å²) < 4.78 is 0. The second kappa shape index (κ2) is 11.3. The molecule has 0 heteroatoms. The Bertz CT molecular complexity index is 497. The molecule has 0 aromatic heterocycles. The molecule has 0 radical (unpaired) electrons. The average Bonchev–Trinajstić information content (AvgIpc) is 2.73. The smallest absolute Gasteiger partial charge is 0.0276 e.